The quantitative estimate of drug-likeness (QED) is 0.445. The van der Waals surface area contributed by atoms with Crippen LogP contribution in [0.2, 0.25) is 5.02 Å². The highest BCUT2D eigenvalue weighted by molar-refractivity contribution is 7.80. The number of anilines is 2. The van der Waals surface area contributed by atoms with Gasteiger partial charge in [-0.25, -0.2) is 8.78 Å². The largest absolute Gasteiger partial charge is 0.362 e. The fraction of sp³-hybridized carbons (Fsp3) is 0.0909. The average Bonchev–Trinajstić information content (AvgIpc) is 2.72. The number of rotatable bonds is 6. The van der Waals surface area contributed by atoms with Crippen LogP contribution in [0.1, 0.15) is 15.9 Å². The molecule has 30 heavy (non-hydrogen) atoms. The van der Waals surface area contributed by atoms with Crippen molar-refractivity contribution < 1.29 is 13.6 Å². The van der Waals surface area contributed by atoms with Gasteiger partial charge in [0.15, 0.2) is 5.11 Å². The number of halogens is 3. The van der Waals surface area contributed by atoms with Crippen LogP contribution >= 0.6 is 23.8 Å². The third-order valence-corrected chi connectivity index (χ3v) is 4.77. The van der Waals surface area contributed by atoms with Gasteiger partial charge in [0, 0.05) is 12.2 Å². The maximum absolute atomic E-state index is 13.7. The van der Waals surface area contributed by atoms with Gasteiger partial charge in [-0.3, -0.25) is 4.79 Å². The van der Waals surface area contributed by atoms with Crippen molar-refractivity contribution in [3.63, 3.8) is 0 Å². The van der Waals surface area contributed by atoms with E-state index in [0.29, 0.717) is 29.5 Å². The Hall–Kier alpha value is -3.03. The van der Waals surface area contributed by atoms with E-state index in [1.54, 1.807) is 36.4 Å². The minimum Gasteiger partial charge on any atom is -0.362 e. The van der Waals surface area contributed by atoms with Crippen LogP contribution in [0.5, 0.6) is 0 Å². The molecule has 0 spiro atoms. The third kappa shape index (κ3) is 5.98. The van der Waals surface area contributed by atoms with Crippen LogP contribution in [0.4, 0.5) is 20.2 Å². The summed E-state index contributed by atoms with van der Waals surface area (Å²) in [5, 5.41) is 9.33. The van der Waals surface area contributed by atoms with E-state index in [9.17, 15) is 13.6 Å². The molecule has 3 aromatic carbocycles. The molecule has 0 aromatic heterocycles. The summed E-state index contributed by atoms with van der Waals surface area (Å²) in [6, 6.07) is 16.9. The Morgan fingerprint density at radius 3 is 2.40 bits per heavy atom. The Bertz CT molecular complexity index is 1060. The van der Waals surface area contributed by atoms with Crippen LogP contribution in [0.25, 0.3) is 0 Å². The van der Waals surface area contributed by atoms with E-state index in [0.717, 1.165) is 5.56 Å². The smallest absolute Gasteiger partial charge is 0.258 e. The molecule has 8 heteroatoms. The lowest BCUT2D eigenvalue weighted by molar-refractivity contribution is 0.102. The molecule has 0 unspecified atom stereocenters. The van der Waals surface area contributed by atoms with E-state index < -0.39 is 11.7 Å². The molecular formula is C22H18ClF2N3OS. The minimum absolute atomic E-state index is 0.0673. The molecule has 0 saturated heterocycles. The van der Waals surface area contributed by atoms with Crippen molar-refractivity contribution in [2.24, 2.45) is 0 Å². The number of nitrogens with one attached hydrogen (secondary N) is 3. The Balaban J connectivity index is 1.53. The zero-order valence-corrected chi connectivity index (χ0v) is 17.3. The average molecular weight is 446 g/mol. The van der Waals surface area contributed by atoms with Crippen molar-refractivity contribution in [3.05, 3.63) is 94.5 Å². The summed E-state index contributed by atoms with van der Waals surface area (Å²) < 4.78 is 26.7. The van der Waals surface area contributed by atoms with Gasteiger partial charge < -0.3 is 16.0 Å². The molecule has 3 aromatic rings. The molecule has 0 atom stereocenters. The van der Waals surface area contributed by atoms with Crippen molar-refractivity contribution in [2.75, 3.05) is 17.2 Å². The Morgan fingerprint density at radius 2 is 1.70 bits per heavy atom. The Labute approximate surface area is 183 Å². The molecule has 1 amide bonds. The number of thiocarbonyl (C=S) groups is 1. The van der Waals surface area contributed by atoms with Crippen molar-refractivity contribution in [3.8, 4) is 0 Å². The molecule has 0 saturated carbocycles. The molecular weight excluding hydrogens is 428 g/mol. The summed E-state index contributed by atoms with van der Waals surface area (Å²) in [7, 11) is 0. The van der Waals surface area contributed by atoms with Gasteiger partial charge in [0.25, 0.3) is 5.91 Å². The fourth-order valence-electron chi connectivity index (χ4n) is 2.68. The number of benzene rings is 3. The monoisotopic (exact) mass is 445 g/mol. The second-order valence-corrected chi connectivity index (χ2v) is 7.20. The van der Waals surface area contributed by atoms with Gasteiger partial charge >= 0.3 is 0 Å². The predicted molar refractivity (Wildman–Crippen MR) is 120 cm³/mol. The van der Waals surface area contributed by atoms with Gasteiger partial charge in [0.1, 0.15) is 11.6 Å². The summed E-state index contributed by atoms with van der Waals surface area (Å²) in [6.07, 6.45) is 0.684. The van der Waals surface area contributed by atoms with E-state index in [2.05, 4.69) is 16.0 Å². The highest BCUT2D eigenvalue weighted by Crippen LogP contribution is 2.26. The first-order valence-electron chi connectivity index (χ1n) is 9.07. The number of carbonyl (C=O) groups excluding carboxylic acids is 1. The summed E-state index contributed by atoms with van der Waals surface area (Å²) in [5.74, 6) is -1.47. The number of hydrogen-bond donors (Lipinski definition) is 3. The highest BCUT2D eigenvalue weighted by atomic mass is 35.5. The van der Waals surface area contributed by atoms with Crippen molar-refractivity contribution in [1.29, 1.82) is 0 Å². The molecule has 0 heterocycles. The second kappa shape index (κ2) is 10.1. The van der Waals surface area contributed by atoms with Crippen LogP contribution in [-0.2, 0) is 6.42 Å². The van der Waals surface area contributed by atoms with Gasteiger partial charge in [-0.05, 0) is 66.7 Å². The summed E-state index contributed by atoms with van der Waals surface area (Å²) >= 11 is 11.5. The first-order chi connectivity index (χ1) is 14.4. The summed E-state index contributed by atoms with van der Waals surface area (Å²) in [6.45, 7) is 0.571. The van der Waals surface area contributed by atoms with E-state index in [-0.39, 0.29) is 16.4 Å². The van der Waals surface area contributed by atoms with Gasteiger partial charge in [0.05, 0.1) is 16.3 Å². The van der Waals surface area contributed by atoms with Crippen LogP contribution in [0, 0.1) is 11.6 Å². The standard InChI is InChI=1S/C22H18ClF2N3OS/c23-18-13-16(27-22(30)26-12-11-14-5-7-15(24)8-6-14)9-10-20(18)28-21(29)17-3-1-2-4-19(17)25/h1-10,13H,11-12H2,(H,28,29)(H2,26,27,30). The lowest BCUT2D eigenvalue weighted by atomic mass is 10.1. The molecule has 0 aliphatic carbocycles. The lowest BCUT2D eigenvalue weighted by Crippen LogP contribution is -2.30. The Morgan fingerprint density at radius 1 is 0.967 bits per heavy atom. The van der Waals surface area contributed by atoms with Crippen molar-refractivity contribution in [2.45, 2.75) is 6.42 Å². The zero-order chi connectivity index (χ0) is 21.5. The van der Waals surface area contributed by atoms with Gasteiger partial charge in [0.2, 0.25) is 0 Å². The topological polar surface area (TPSA) is 53.2 Å². The minimum atomic E-state index is -0.610. The molecule has 4 nitrogen and oxygen atoms in total. The first-order valence-corrected chi connectivity index (χ1v) is 9.86. The summed E-state index contributed by atoms with van der Waals surface area (Å²) in [5.41, 5.74) is 1.90. The van der Waals surface area contributed by atoms with E-state index in [4.69, 9.17) is 23.8 Å². The number of carbonyl (C=O) groups is 1. The maximum atomic E-state index is 13.7. The third-order valence-electron chi connectivity index (χ3n) is 4.21. The molecule has 0 aliphatic rings. The van der Waals surface area contributed by atoms with E-state index in [1.807, 2.05) is 0 Å². The SMILES string of the molecule is O=C(Nc1ccc(NC(=S)NCCc2ccc(F)cc2)cc1Cl)c1ccccc1F. The molecule has 0 radical (unpaired) electrons. The van der Waals surface area contributed by atoms with Gasteiger partial charge in [-0.2, -0.15) is 0 Å². The maximum Gasteiger partial charge on any atom is 0.258 e. The van der Waals surface area contributed by atoms with E-state index in [1.165, 1.54) is 30.3 Å². The lowest BCUT2D eigenvalue weighted by Gasteiger charge is -2.13. The van der Waals surface area contributed by atoms with Crippen LogP contribution in [0.3, 0.4) is 0 Å². The summed E-state index contributed by atoms with van der Waals surface area (Å²) in [4.78, 5) is 12.2. The molecule has 0 fully saturated rings. The van der Waals surface area contributed by atoms with Crippen LogP contribution < -0.4 is 16.0 Å². The molecule has 3 N–H and O–H groups in total. The molecule has 154 valence electrons. The zero-order valence-electron chi connectivity index (χ0n) is 15.7. The highest BCUT2D eigenvalue weighted by Gasteiger charge is 2.13. The first kappa shape index (κ1) is 21.7. The molecule has 0 bridgehead atoms. The van der Waals surface area contributed by atoms with Crippen LogP contribution in [-0.4, -0.2) is 17.6 Å². The second-order valence-electron chi connectivity index (χ2n) is 6.39. The molecule has 3 rings (SSSR count). The number of amides is 1. The van der Waals surface area contributed by atoms with Gasteiger partial charge in [-0.1, -0.05) is 35.9 Å². The van der Waals surface area contributed by atoms with Crippen molar-refractivity contribution >= 4 is 46.2 Å². The van der Waals surface area contributed by atoms with Gasteiger partial charge in [-0.15, -0.1) is 0 Å². The fourth-order valence-corrected chi connectivity index (χ4v) is 3.12. The van der Waals surface area contributed by atoms with Crippen LogP contribution in [0.15, 0.2) is 66.7 Å². The van der Waals surface area contributed by atoms with E-state index >= 15 is 0 Å². The predicted octanol–water partition coefficient (Wildman–Crippen LogP) is 5.40. The molecule has 0 aliphatic heterocycles. The van der Waals surface area contributed by atoms with Crippen molar-refractivity contribution in [1.82, 2.24) is 5.32 Å². The number of hydrogen-bond acceptors (Lipinski definition) is 2. The normalized spacial score (nSPS) is 10.4. The Kier molecular flexibility index (Phi) is 7.32.